The van der Waals surface area contributed by atoms with Gasteiger partial charge in [0.25, 0.3) is 0 Å². The van der Waals surface area contributed by atoms with Crippen molar-refractivity contribution in [1.82, 2.24) is 0 Å². The summed E-state index contributed by atoms with van der Waals surface area (Å²) >= 11 is 0. The second kappa shape index (κ2) is 5.65. The van der Waals surface area contributed by atoms with Crippen LogP contribution in [0.5, 0.6) is 5.75 Å². The molecular weight excluding hydrogens is 287 g/mol. The maximum absolute atomic E-state index is 12.3. The highest BCUT2D eigenvalue weighted by atomic mass is 19.4. The molecule has 0 saturated carbocycles. The molecule has 0 aliphatic carbocycles. The summed E-state index contributed by atoms with van der Waals surface area (Å²) in [5.74, 6) is -0.400. The van der Waals surface area contributed by atoms with Gasteiger partial charge in [-0.15, -0.1) is 13.2 Å². The maximum Gasteiger partial charge on any atom is 0.573 e. The minimum absolute atomic E-state index is 0.0861. The summed E-state index contributed by atoms with van der Waals surface area (Å²) in [7, 11) is 0. The van der Waals surface area contributed by atoms with Crippen molar-refractivity contribution < 1.29 is 27.4 Å². The Hall–Kier alpha value is -1.60. The van der Waals surface area contributed by atoms with E-state index in [1.54, 1.807) is 6.92 Å². The topological polar surface area (TPSA) is 61.5 Å². The third-order valence-electron chi connectivity index (χ3n) is 3.68. The summed E-state index contributed by atoms with van der Waals surface area (Å²) in [5.41, 5.74) is 5.73. The third-order valence-corrected chi connectivity index (χ3v) is 3.68. The molecule has 1 saturated heterocycles. The first-order valence-corrected chi connectivity index (χ1v) is 6.42. The number of ketones is 1. The molecule has 1 aliphatic rings. The summed E-state index contributed by atoms with van der Waals surface area (Å²) in [5, 5.41) is 0. The van der Waals surface area contributed by atoms with Crippen LogP contribution in [-0.2, 0) is 16.0 Å². The molecule has 1 aliphatic heterocycles. The predicted octanol–water partition coefficient (Wildman–Crippen LogP) is 2.06. The monoisotopic (exact) mass is 303 g/mol. The third kappa shape index (κ3) is 3.74. The van der Waals surface area contributed by atoms with E-state index in [1.807, 2.05) is 0 Å². The van der Waals surface area contributed by atoms with Crippen LogP contribution < -0.4 is 10.5 Å². The first kappa shape index (κ1) is 15.8. The number of nitrogens with two attached hydrogens (primary N) is 1. The summed E-state index contributed by atoms with van der Waals surface area (Å²) in [6, 6.07) is 4.87. The Morgan fingerprint density at radius 1 is 1.43 bits per heavy atom. The molecule has 1 heterocycles. The average molecular weight is 303 g/mol. The molecule has 2 atom stereocenters. The van der Waals surface area contributed by atoms with Gasteiger partial charge >= 0.3 is 6.36 Å². The number of ether oxygens (including phenoxy) is 2. The smallest absolute Gasteiger partial charge is 0.406 e. The number of alkyl halides is 3. The fraction of sp³-hybridized carbons (Fsp3) is 0.500. The van der Waals surface area contributed by atoms with Crippen molar-refractivity contribution in [3.8, 4) is 5.75 Å². The van der Waals surface area contributed by atoms with Crippen LogP contribution in [0, 0.1) is 5.41 Å². The van der Waals surface area contributed by atoms with Gasteiger partial charge in [0.1, 0.15) is 11.5 Å². The molecule has 4 nitrogen and oxygen atoms in total. The zero-order chi connectivity index (χ0) is 15.7. The van der Waals surface area contributed by atoms with E-state index < -0.39 is 11.8 Å². The molecule has 2 unspecified atom stereocenters. The lowest BCUT2D eigenvalue weighted by molar-refractivity contribution is -0.274. The number of hydrogen-bond acceptors (Lipinski definition) is 4. The molecule has 21 heavy (non-hydrogen) atoms. The lowest BCUT2D eigenvalue weighted by Crippen LogP contribution is -2.45. The van der Waals surface area contributed by atoms with Crippen molar-refractivity contribution in [1.29, 1.82) is 0 Å². The SMILES string of the molecule is CC1(C(=O)Cc2ccc(OC(F)(F)F)cc2)COCC1N. The summed E-state index contributed by atoms with van der Waals surface area (Å²) in [6.45, 7) is 2.34. The summed E-state index contributed by atoms with van der Waals surface area (Å²) < 4.78 is 45.1. The van der Waals surface area contributed by atoms with Crippen LogP contribution in [0.2, 0.25) is 0 Å². The van der Waals surface area contributed by atoms with Crippen molar-refractivity contribution in [2.75, 3.05) is 13.2 Å². The van der Waals surface area contributed by atoms with Gasteiger partial charge in [-0.1, -0.05) is 12.1 Å². The van der Waals surface area contributed by atoms with E-state index in [0.29, 0.717) is 12.2 Å². The second-order valence-corrected chi connectivity index (χ2v) is 5.33. The Kier molecular flexibility index (Phi) is 4.25. The highest BCUT2D eigenvalue weighted by Gasteiger charge is 2.43. The predicted molar refractivity (Wildman–Crippen MR) is 68.7 cm³/mol. The van der Waals surface area contributed by atoms with Crippen LogP contribution in [0.25, 0.3) is 0 Å². The van der Waals surface area contributed by atoms with Crippen molar-refractivity contribution in [2.45, 2.75) is 25.7 Å². The molecule has 1 fully saturated rings. The van der Waals surface area contributed by atoms with E-state index >= 15 is 0 Å². The van der Waals surface area contributed by atoms with Gasteiger partial charge in [-0.3, -0.25) is 4.79 Å². The molecule has 0 amide bonds. The summed E-state index contributed by atoms with van der Waals surface area (Å²) in [6.07, 6.45) is -4.63. The quantitative estimate of drug-likeness (QED) is 0.925. The van der Waals surface area contributed by atoms with E-state index in [1.165, 1.54) is 24.3 Å². The highest BCUT2D eigenvalue weighted by Crippen LogP contribution is 2.30. The summed E-state index contributed by atoms with van der Waals surface area (Å²) in [4.78, 5) is 12.3. The number of halogens is 3. The van der Waals surface area contributed by atoms with E-state index in [0.717, 1.165) is 0 Å². The maximum atomic E-state index is 12.3. The molecule has 116 valence electrons. The van der Waals surface area contributed by atoms with Gasteiger partial charge in [-0.05, 0) is 24.6 Å². The number of carbonyl (C=O) groups excluding carboxylic acids is 1. The van der Waals surface area contributed by atoms with Crippen molar-refractivity contribution in [2.24, 2.45) is 11.1 Å². The Balaban J connectivity index is 2.02. The molecule has 0 spiro atoms. The minimum Gasteiger partial charge on any atom is -0.406 e. The molecule has 2 N–H and O–H groups in total. The molecule has 0 aromatic heterocycles. The molecule has 0 bridgehead atoms. The zero-order valence-corrected chi connectivity index (χ0v) is 11.4. The first-order chi connectivity index (χ1) is 9.71. The molecule has 0 radical (unpaired) electrons. The average Bonchev–Trinajstić information content (AvgIpc) is 2.72. The van der Waals surface area contributed by atoms with Gasteiger partial charge in [0.15, 0.2) is 0 Å². The van der Waals surface area contributed by atoms with Crippen LogP contribution in [0.1, 0.15) is 12.5 Å². The van der Waals surface area contributed by atoms with Gasteiger partial charge in [0, 0.05) is 12.5 Å². The molecular formula is C14H16F3NO3. The van der Waals surface area contributed by atoms with Gasteiger partial charge < -0.3 is 15.2 Å². The van der Waals surface area contributed by atoms with Crippen LogP contribution in [-0.4, -0.2) is 31.4 Å². The fourth-order valence-electron chi connectivity index (χ4n) is 2.17. The van der Waals surface area contributed by atoms with Crippen LogP contribution >= 0.6 is 0 Å². The van der Waals surface area contributed by atoms with Crippen LogP contribution in [0.4, 0.5) is 13.2 Å². The van der Waals surface area contributed by atoms with Gasteiger partial charge in [-0.2, -0.15) is 0 Å². The molecule has 7 heteroatoms. The minimum atomic E-state index is -4.72. The normalized spacial score (nSPS) is 25.9. The van der Waals surface area contributed by atoms with E-state index in [-0.39, 0.29) is 30.6 Å². The lowest BCUT2D eigenvalue weighted by Gasteiger charge is -2.25. The second-order valence-electron chi connectivity index (χ2n) is 5.33. The van der Waals surface area contributed by atoms with Crippen LogP contribution in [0.15, 0.2) is 24.3 Å². The number of hydrogen-bond donors (Lipinski definition) is 1. The van der Waals surface area contributed by atoms with E-state index in [2.05, 4.69) is 4.74 Å². The highest BCUT2D eigenvalue weighted by molar-refractivity contribution is 5.87. The Labute approximate surface area is 120 Å². The Morgan fingerprint density at radius 2 is 2.05 bits per heavy atom. The molecule has 2 rings (SSSR count). The standard InChI is InChI=1S/C14H16F3NO3/c1-13(8-20-7-11(13)18)12(19)6-9-2-4-10(5-3-9)21-14(15,16)17/h2-5,11H,6-8,18H2,1H3. The number of rotatable bonds is 4. The van der Waals surface area contributed by atoms with Gasteiger partial charge in [0.05, 0.1) is 18.6 Å². The molecule has 1 aromatic rings. The van der Waals surface area contributed by atoms with E-state index in [9.17, 15) is 18.0 Å². The number of carbonyl (C=O) groups is 1. The van der Waals surface area contributed by atoms with Crippen molar-refractivity contribution in [3.05, 3.63) is 29.8 Å². The number of benzene rings is 1. The first-order valence-electron chi connectivity index (χ1n) is 6.42. The largest absolute Gasteiger partial charge is 0.573 e. The van der Waals surface area contributed by atoms with Crippen LogP contribution in [0.3, 0.4) is 0 Å². The van der Waals surface area contributed by atoms with Gasteiger partial charge in [0.2, 0.25) is 0 Å². The Bertz CT molecular complexity index is 515. The Morgan fingerprint density at radius 3 is 2.52 bits per heavy atom. The number of Topliss-reactive ketones (excluding diaryl/α,β-unsaturated/α-hetero) is 1. The van der Waals surface area contributed by atoms with Crippen molar-refractivity contribution in [3.63, 3.8) is 0 Å². The molecule has 1 aromatic carbocycles. The van der Waals surface area contributed by atoms with E-state index in [4.69, 9.17) is 10.5 Å². The van der Waals surface area contributed by atoms with Gasteiger partial charge in [-0.25, -0.2) is 0 Å². The van der Waals surface area contributed by atoms with Crippen molar-refractivity contribution >= 4 is 5.78 Å². The zero-order valence-electron chi connectivity index (χ0n) is 11.4. The fourth-order valence-corrected chi connectivity index (χ4v) is 2.17. The lowest BCUT2D eigenvalue weighted by atomic mass is 9.79.